The van der Waals surface area contributed by atoms with Gasteiger partial charge in [0.25, 0.3) is 0 Å². The molecule has 4 rings (SSSR count). The molecule has 1 aromatic heterocycles. The van der Waals surface area contributed by atoms with Crippen LogP contribution in [0.25, 0.3) is 22.0 Å². The molecule has 0 bridgehead atoms. The van der Waals surface area contributed by atoms with E-state index in [-0.39, 0.29) is 0 Å². The van der Waals surface area contributed by atoms with E-state index in [1.165, 1.54) is 12.1 Å². The van der Waals surface area contributed by atoms with E-state index in [0.29, 0.717) is 10.0 Å². The molecular weight excluding hydrogens is 343 g/mol. The highest BCUT2D eigenvalue weighted by atomic mass is 35.5. The van der Waals surface area contributed by atoms with Crippen LogP contribution in [0.4, 0.5) is 5.69 Å². The average Bonchev–Trinajstić information content (AvgIpc) is 2.95. The van der Waals surface area contributed by atoms with Gasteiger partial charge in [0.2, 0.25) is 0 Å². The van der Waals surface area contributed by atoms with Crippen LogP contribution in [0, 0.1) is 0 Å². The minimum Gasteiger partial charge on any atom is -0.370 e. The molecule has 0 unspecified atom stereocenters. The van der Waals surface area contributed by atoms with Crippen molar-refractivity contribution < 1.29 is 0 Å². The number of H-pyrrole nitrogens is 1. The second-order valence-electron chi connectivity index (χ2n) is 6.02. The Morgan fingerprint density at radius 2 is 1.88 bits per heavy atom. The summed E-state index contributed by atoms with van der Waals surface area (Å²) >= 11 is 12.9. The van der Waals surface area contributed by atoms with Crippen molar-refractivity contribution in [3.05, 3.63) is 46.6 Å². The molecular formula is C18H18Cl2N4. The summed E-state index contributed by atoms with van der Waals surface area (Å²) in [7, 11) is 0. The Morgan fingerprint density at radius 3 is 2.71 bits per heavy atom. The molecule has 124 valence electrons. The number of halogens is 2. The van der Waals surface area contributed by atoms with Crippen molar-refractivity contribution in [1.82, 2.24) is 15.5 Å². The number of fused-ring (bicyclic) bond motifs is 1. The number of rotatable bonds is 2. The number of nitrogens with zero attached hydrogens (tertiary/aromatic N) is 2. The van der Waals surface area contributed by atoms with Crippen LogP contribution in [0.15, 0.2) is 36.5 Å². The van der Waals surface area contributed by atoms with Crippen molar-refractivity contribution in [3.63, 3.8) is 0 Å². The molecule has 0 amide bonds. The summed E-state index contributed by atoms with van der Waals surface area (Å²) in [5, 5.41) is 12.5. The highest BCUT2D eigenvalue weighted by Gasteiger charge is 2.14. The van der Waals surface area contributed by atoms with Crippen molar-refractivity contribution in [1.29, 1.82) is 0 Å². The van der Waals surface area contributed by atoms with Crippen LogP contribution in [-0.4, -0.2) is 36.4 Å². The average molecular weight is 361 g/mol. The first-order valence-electron chi connectivity index (χ1n) is 8.11. The van der Waals surface area contributed by atoms with Gasteiger partial charge in [0.1, 0.15) is 0 Å². The Labute approximate surface area is 150 Å². The molecule has 4 nitrogen and oxygen atoms in total. The number of benzene rings is 2. The third kappa shape index (κ3) is 2.86. The topological polar surface area (TPSA) is 44.0 Å². The zero-order valence-electron chi connectivity index (χ0n) is 13.1. The summed E-state index contributed by atoms with van der Waals surface area (Å²) in [6.45, 7) is 4.23. The van der Waals surface area contributed by atoms with E-state index in [9.17, 15) is 0 Å². The second kappa shape index (κ2) is 6.63. The van der Waals surface area contributed by atoms with E-state index in [0.717, 1.165) is 48.2 Å². The van der Waals surface area contributed by atoms with Gasteiger partial charge in [-0.25, -0.2) is 0 Å². The molecule has 3 aromatic rings. The van der Waals surface area contributed by atoms with Crippen LogP contribution < -0.4 is 10.2 Å². The Hall–Kier alpha value is -1.75. The Balaban J connectivity index is 1.69. The highest BCUT2D eigenvalue weighted by molar-refractivity contribution is 6.42. The van der Waals surface area contributed by atoms with E-state index >= 15 is 0 Å². The van der Waals surface area contributed by atoms with Gasteiger partial charge in [-0.3, -0.25) is 5.10 Å². The lowest BCUT2D eigenvalue weighted by Gasteiger charge is -2.22. The lowest BCUT2D eigenvalue weighted by Crippen LogP contribution is -2.27. The van der Waals surface area contributed by atoms with Crippen LogP contribution >= 0.6 is 23.2 Å². The molecule has 0 radical (unpaired) electrons. The van der Waals surface area contributed by atoms with E-state index in [2.05, 4.69) is 44.7 Å². The van der Waals surface area contributed by atoms with Gasteiger partial charge < -0.3 is 10.2 Å². The summed E-state index contributed by atoms with van der Waals surface area (Å²) < 4.78 is 0. The fraction of sp³-hybridized carbons (Fsp3) is 0.278. The molecule has 1 aliphatic rings. The van der Waals surface area contributed by atoms with Gasteiger partial charge in [-0.1, -0.05) is 35.3 Å². The van der Waals surface area contributed by atoms with Crippen molar-refractivity contribution in [2.45, 2.75) is 6.42 Å². The maximum absolute atomic E-state index is 6.55. The number of hydrogen-bond donors (Lipinski definition) is 2. The minimum absolute atomic E-state index is 0.652. The molecule has 1 fully saturated rings. The largest absolute Gasteiger partial charge is 0.370 e. The fourth-order valence-electron chi connectivity index (χ4n) is 3.20. The van der Waals surface area contributed by atoms with Gasteiger partial charge >= 0.3 is 0 Å². The third-order valence-electron chi connectivity index (χ3n) is 4.51. The highest BCUT2D eigenvalue weighted by Crippen LogP contribution is 2.38. The quantitative estimate of drug-likeness (QED) is 0.714. The van der Waals surface area contributed by atoms with E-state index in [1.54, 1.807) is 6.20 Å². The van der Waals surface area contributed by atoms with Crippen molar-refractivity contribution in [3.8, 4) is 11.1 Å². The summed E-state index contributed by atoms with van der Waals surface area (Å²) in [5.74, 6) is 0. The number of hydrogen-bond acceptors (Lipinski definition) is 3. The van der Waals surface area contributed by atoms with Crippen LogP contribution in [0.3, 0.4) is 0 Å². The first-order valence-corrected chi connectivity index (χ1v) is 8.87. The minimum atomic E-state index is 0.652. The van der Waals surface area contributed by atoms with Crippen molar-refractivity contribution >= 4 is 39.8 Å². The zero-order chi connectivity index (χ0) is 16.5. The maximum Gasteiger partial charge on any atom is 0.0857 e. The predicted octanol–water partition coefficient (Wildman–Crippen LogP) is 4.34. The van der Waals surface area contributed by atoms with Gasteiger partial charge in [-0.15, -0.1) is 0 Å². The summed E-state index contributed by atoms with van der Waals surface area (Å²) in [6.07, 6.45) is 2.86. The molecule has 24 heavy (non-hydrogen) atoms. The SMILES string of the molecule is Clc1cc(-c2ccc(N3CCCNCC3)cc2)c(Cl)c2[nH]ncc12. The molecule has 2 N–H and O–H groups in total. The van der Waals surface area contributed by atoms with Crippen LogP contribution in [0.5, 0.6) is 0 Å². The maximum atomic E-state index is 6.55. The predicted molar refractivity (Wildman–Crippen MR) is 101 cm³/mol. The molecule has 1 aliphatic heterocycles. The van der Waals surface area contributed by atoms with Crippen molar-refractivity contribution in [2.24, 2.45) is 0 Å². The van der Waals surface area contributed by atoms with Crippen LogP contribution in [0.2, 0.25) is 10.0 Å². The van der Waals surface area contributed by atoms with E-state index in [1.807, 2.05) is 6.07 Å². The number of nitrogens with one attached hydrogen (secondary N) is 2. The molecule has 6 heteroatoms. The lowest BCUT2D eigenvalue weighted by atomic mass is 10.0. The van der Waals surface area contributed by atoms with Gasteiger partial charge in [-0.2, -0.15) is 5.10 Å². The third-order valence-corrected chi connectivity index (χ3v) is 5.21. The van der Waals surface area contributed by atoms with Crippen LogP contribution in [-0.2, 0) is 0 Å². The number of anilines is 1. The van der Waals surface area contributed by atoms with Crippen molar-refractivity contribution in [2.75, 3.05) is 31.1 Å². The molecule has 0 aliphatic carbocycles. The normalized spacial score (nSPS) is 15.7. The summed E-state index contributed by atoms with van der Waals surface area (Å²) in [5.41, 5.74) is 3.99. The second-order valence-corrected chi connectivity index (χ2v) is 6.80. The lowest BCUT2D eigenvalue weighted by molar-refractivity contribution is 0.724. The summed E-state index contributed by atoms with van der Waals surface area (Å²) in [6, 6.07) is 10.4. The van der Waals surface area contributed by atoms with Gasteiger partial charge in [-0.05, 0) is 36.7 Å². The molecule has 0 atom stereocenters. The summed E-state index contributed by atoms with van der Waals surface area (Å²) in [4.78, 5) is 2.41. The molecule has 0 spiro atoms. The Kier molecular flexibility index (Phi) is 4.35. The van der Waals surface area contributed by atoms with Gasteiger partial charge in [0.05, 0.1) is 21.8 Å². The first kappa shape index (κ1) is 15.8. The molecule has 1 saturated heterocycles. The monoisotopic (exact) mass is 360 g/mol. The fourth-order valence-corrected chi connectivity index (χ4v) is 3.76. The smallest absolute Gasteiger partial charge is 0.0857 e. The van der Waals surface area contributed by atoms with E-state index in [4.69, 9.17) is 23.2 Å². The Bertz CT molecular complexity index is 849. The standard InChI is InChI=1S/C18H18Cl2N4/c19-16-10-14(17(20)18-15(16)11-22-23-18)12-2-4-13(5-3-12)24-8-1-6-21-7-9-24/h2-5,10-11,21H,1,6-9H2,(H,22,23). The number of aromatic nitrogens is 2. The van der Waals surface area contributed by atoms with Gasteiger partial charge in [0.15, 0.2) is 0 Å². The van der Waals surface area contributed by atoms with Crippen LogP contribution in [0.1, 0.15) is 6.42 Å². The molecule has 2 heterocycles. The number of aromatic amines is 1. The zero-order valence-corrected chi connectivity index (χ0v) is 14.7. The molecule has 0 saturated carbocycles. The first-order chi connectivity index (χ1) is 11.7. The van der Waals surface area contributed by atoms with Gasteiger partial charge in [0, 0.05) is 36.3 Å². The Morgan fingerprint density at radius 1 is 1.04 bits per heavy atom. The van der Waals surface area contributed by atoms with E-state index < -0.39 is 0 Å². The molecule has 2 aromatic carbocycles.